The zero-order valence-electron chi connectivity index (χ0n) is 18.3. The molecular weight excluding hydrogens is 430 g/mol. The molecule has 0 unspecified atom stereocenters. The summed E-state index contributed by atoms with van der Waals surface area (Å²) in [5, 5.41) is 15.9. The molecule has 1 aliphatic heterocycles. The van der Waals surface area contributed by atoms with Gasteiger partial charge in [0.1, 0.15) is 0 Å². The summed E-state index contributed by atoms with van der Waals surface area (Å²) >= 11 is 0. The van der Waals surface area contributed by atoms with Gasteiger partial charge < -0.3 is 11.1 Å². The topological polar surface area (TPSA) is 136 Å². The fourth-order valence-corrected chi connectivity index (χ4v) is 5.17. The number of nitrogens with one attached hydrogen (secondary N) is 1. The molecule has 170 valence electrons. The molecule has 1 fully saturated rings. The van der Waals surface area contributed by atoms with Gasteiger partial charge in [-0.1, -0.05) is 13.3 Å². The van der Waals surface area contributed by atoms with E-state index in [-0.39, 0.29) is 12.0 Å². The smallest absolute Gasteiger partial charge is 0.252 e. The summed E-state index contributed by atoms with van der Waals surface area (Å²) in [7, 11) is -3.25. The second-order valence-corrected chi connectivity index (χ2v) is 10.3. The van der Waals surface area contributed by atoms with Crippen LogP contribution in [0, 0.1) is 12.8 Å². The Morgan fingerprint density at radius 2 is 2.06 bits per heavy atom. The molecule has 0 aromatic carbocycles. The molecule has 3 aromatic rings. The van der Waals surface area contributed by atoms with Gasteiger partial charge in [0.2, 0.25) is 10.0 Å². The van der Waals surface area contributed by atoms with E-state index in [4.69, 9.17) is 5.73 Å². The highest BCUT2D eigenvalue weighted by Crippen LogP contribution is 2.32. The fraction of sp³-hybridized carbons (Fsp3) is 0.429. The van der Waals surface area contributed by atoms with Gasteiger partial charge in [-0.3, -0.25) is 4.79 Å². The summed E-state index contributed by atoms with van der Waals surface area (Å²) in [6, 6.07) is 3.85. The molecule has 3 N–H and O–H groups in total. The number of primary amides is 1. The maximum absolute atomic E-state index is 12.2. The van der Waals surface area contributed by atoms with Gasteiger partial charge in [-0.15, -0.1) is 0 Å². The number of nitrogens with zero attached hydrogens (tertiary/aromatic N) is 5. The van der Waals surface area contributed by atoms with Gasteiger partial charge in [0, 0.05) is 36.5 Å². The summed E-state index contributed by atoms with van der Waals surface area (Å²) in [5.41, 5.74) is 9.85. The van der Waals surface area contributed by atoms with Crippen LogP contribution in [0.4, 0.5) is 5.69 Å². The van der Waals surface area contributed by atoms with Crippen LogP contribution in [0.5, 0.6) is 0 Å². The summed E-state index contributed by atoms with van der Waals surface area (Å²) in [5.74, 6) is -0.484. The van der Waals surface area contributed by atoms with E-state index >= 15 is 0 Å². The van der Waals surface area contributed by atoms with Crippen molar-refractivity contribution in [2.75, 3.05) is 24.7 Å². The Morgan fingerprint density at radius 3 is 2.72 bits per heavy atom. The van der Waals surface area contributed by atoms with Gasteiger partial charge in [0.05, 0.1) is 41.1 Å². The number of aromatic nitrogens is 4. The molecule has 0 bridgehead atoms. The number of carbonyl (C=O) groups is 1. The molecule has 2 atom stereocenters. The minimum Gasteiger partial charge on any atom is -0.379 e. The number of hydrogen-bond donors (Lipinski definition) is 2. The Kier molecular flexibility index (Phi) is 5.87. The number of hydrogen-bond acceptors (Lipinski definition) is 7. The van der Waals surface area contributed by atoms with Gasteiger partial charge in [0.25, 0.3) is 5.91 Å². The number of piperidine rings is 1. The van der Waals surface area contributed by atoms with E-state index in [9.17, 15) is 13.2 Å². The van der Waals surface area contributed by atoms with Crippen LogP contribution in [-0.2, 0) is 10.0 Å². The first-order valence-electron chi connectivity index (χ1n) is 10.5. The Morgan fingerprint density at radius 1 is 1.28 bits per heavy atom. The average Bonchev–Trinajstić information content (AvgIpc) is 3.18. The molecule has 4 heterocycles. The van der Waals surface area contributed by atoms with E-state index in [0.29, 0.717) is 36.3 Å². The van der Waals surface area contributed by atoms with E-state index in [0.717, 1.165) is 23.2 Å². The second kappa shape index (κ2) is 8.47. The number of nitrogens with two attached hydrogens (primary N) is 1. The summed E-state index contributed by atoms with van der Waals surface area (Å²) < 4.78 is 27.3. The van der Waals surface area contributed by atoms with Crippen molar-refractivity contribution in [2.45, 2.75) is 32.7 Å². The van der Waals surface area contributed by atoms with Crippen LogP contribution in [0.25, 0.3) is 16.6 Å². The zero-order valence-corrected chi connectivity index (χ0v) is 19.1. The molecule has 10 nitrogen and oxygen atoms in total. The quantitative estimate of drug-likeness (QED) is 0.575. The first kappa shape index (κ1) is 22.2. The highest BCUT2D eigenvalue weighted by molar-refractivity contribution is 7.88. The molecule has 1 saturated heterocycles. The number of anilines is 1. The minimum absolute atomic E-state index is 0.00881. The van der Waals surface area contributed by atoms with Crippen LogP contribution in [0.1, 0.15) is 35.8 Å². The van der Waals surface area contributed by atoms with Crippen LogP contribution in [0.15, 0.2) is 30.7 Å². The molecular formula is C21H27N7O3S. The highest BCUT2D eigenvalue weighted by atomic mass is 32.2. The van der Waals surface area contributed by atoms with Gasteiger partial charge in [0.15, 0.2) is 0 Å². The third-order valence-corrected chi connectivity index (χ3v) is 7.30. The van der Waals surface area contributed by atoms with Crippen LogP contribution in [0.2, 0.25) is 0 Å². The Hall–Kier alpha value is -3.05. The van der Waals surface area contributed by atoms with Crippen LogP contribution < -0.4 is 11.1 Å². The first-order chi connectivity index (χ1) is 15.2. The van der Waals surface area contributed by atoms with Crippen molar-refractivity contribution in [1.29, 1.82) is 0 Å². The van der Waals surface area contributed by atoms with E-state index in [1.54, 1.807) is 10.7 Å². The van der Waals surface area contributed by atoms with Crippen LogP contribution in [-0.4, -0.2) is 63.8 Å². The molecule has 0 aliphatic carbocycles. The highest BCUT2D eigenvalue weighted by Gasteiger charge is 2.33. The van der Waals surface area contributed by atoms with E-state index < -0.39 is 15.9 Å². The van der Waals surface area contributed by atoms with Crippen molar-refractivity contribution in [1.82, 2.24) is 24.1 Å². The molecule has 0 radical (unpaired) electrons. The zero-order chi connectivity index (χ0) is 23.0. The van der Waals surface area contributed by atoms with Crippen LogP contribution in [0.3, 0.4) is 0 Å². The van der Waals surface area contributed by atoms with Crippen molar-refractivity contribution in [2.24, 2.45) is 11.7 Å². The fourth-order valence-electron chi connectivity index (χ4n) is 4.27. The van der Waals surface area contributed by atoms with Gasteiger partial charge in [-0.05, 0) is 31.4 Å². The molecule has 0 spiro atoms. The van der Waals surface area contributed by atoms with Crippen molar-refractivity contribution in [3.8, 4) is 11.1 Å². The molecule has 1 aliphatic rings. The normalized spacial score (nSPS) is 19.8. The number of sulfonamides is 1. The number of carbonyl (C=O) groups excluding carboxylic acids is 1. The molecule has 3 aromatic heterocycles. The van der Waals surface area contributed by atoms with E-state index in [1.165, 1.54) is 16.8 Å². The van der Waals surface area contributed by atoms with Crippen molar-refractivity contribution in [3.05, 3.63) is 42.0 Å². The third-order valence-electron chi connectivity index (χ3n) is 6.03. The van der Waals surface area contributed by atoms with Crippen LogP contribution >= 0.6 is 0 Å². The molecule has 0 saturated carbocycles. The Labute approximate surface area is 186 Å². The predicted molar refractivity (Wildman–Crippen MR) is 122 cm³/mol. The molecule has 1 amide bonds. The van der Waals surface area contributed by atoms with E-state index in [2.05, 4.69) is 20.6 Å². The second-order valence-electron chi connectivity index (χ2n) is 8.27. The van der Waals surface area contributed by atoms with Crippen molar-refractivity contribution < 1.29 is 13.2 Å². The monoisotopic (exact) mass is 457 g/mol. The molecule has 32 heavy (non-hydrogen) atoms. The molecule has 11 heteroatoms. The lowest BCUT2D eigenvalue weighted by Gasteiger charge is -2.38. The first-order valence-corrected chi connectivity index (χ1v) is 12.3. The number of aryl methyl sites for hydroxylation is 1. The van der Waals surface area contributed by atoms with Crippen molar-refractivity contribution >= 4 is 27.1 Å². The predicted octanol–water partition coefficient (Wildman–Crippen LogP) is 1.67. The lowest BCUT2D eigenvalue weighted by molar-refractivity contribution is 0.100. The SMILES string of the molecule is CC[C@@H]1CN(S(C)(=O)=O)CC[C@H]1Nc1c(C(N)=O)cnn2cc(-c3cnnc(C)c3)cc12. The Bertz CT molecular complexity index is 1270. The van der Waals surface area contributed by atoms with Gasteiger partial charge >= 0.3 is 0 Å². The lowest BCUT2D eigenvalue weighted by Crippen LogP contribution is -2.48. The minimum atomic E-state index is -3.25. The van der Waals surface area contributed by atoms with Gasteiger partial charge in [-0.25, -0.2) is 17.2 Å². The summed E-state index contributed by atoms with van der Waals surface area (Å²) in [4.78, 5) is 12.2. The maximum atomic E-state index is 12.2. The number of amides is 1. The Balaban J connectivity index is 1.73. The largest absolute Gasteiger partial charge is 0.379 e. The number of fused-ring (bicyclic) bond motifs is 1. The number of rotatable bonds is 6. The van der Waals surface area contributed by atoms with Gasteiger partial charge in [-0.2, -0.15) is 15.3 Å². The van der Waals surface area contributed by atoms with Crippen molar-refractivity contribution in [3.63, 3.8) is 0 Å². The average molecular weight is 458 g/mol. The van der Waals surface area contributed by atoms with E-state index in [1.807, 2.05) is 32.2 Å². The maximum Gasteiger partial charge on any atom is 0.252 e. The third kappa shape index (κ3) is 4.30. The molecule has 4 rings (SSSR count). The summed E-state index contributed by atoms with van der Waals surface area (Å²) in [6.07, 6.45) is 7.67. The standard InChI is InChI=1S/C21H27N7O3S/c1-4-14-11-27(32(3,30)31)6-5-18(14)25-20-17(21(22)29)10-24-28-12-16(8-19(20)28)15-7-13(2)26-23-9-15/h7-10,12,14,18,25H,4-6,11H2,1-3H3,(H2,22,29)/t14-,18-/m1/s1. The lowest BCUT2D eigenvalue weighted by atomic mass is 9.90. The summed E-state index contributed by atoms with van der Waals surface area (Å²) in [6.45, 7) is 4.77.